The molecule has 1 aliphatic rings. The predicted octanol–water partition coefficient (Wildman–Crippen LogP) is 2.21. The van der Waals surface area contributed by atoms with E-state index < -0.39 is 0 Å². The van der Waals surface area contributed by atoms with Gasteiger partial charge >= 0.3 is 0 Å². The topological polar surface area (TPSA) is 84.8 Å². The number of benzene rings is 1. The van der Waals surface area contributed by atoms with Gasteiger partial charge in [-0.3, -0.25) is 9.89 Å². The van der Waals surface area contributed by atoms with E-state index in [1.807, 2.05) is 35.9 Å². The van der Waals surface area contributed by atoms with E-state index >= 15 is 0 Å². The number of nitrogens with one attached hydrogen (secondary N) is 2. The first-order valence-corrected chi connectivity index (χ1v) is 8.05. The van der Waals surface area contributed by atoms with Crippen LogP contribution in [0, 0.1) is 0 Å². The van der Waals surface area contributed by atoms with Gasteiger partial charge in [-0.25, -0.2) is 4.98 Å². The molecule has 0 bridgehead atoms. The summed E-state index contributed by atoms with van der Waals surface area (Å²) in [4.78, 5) is 16.9. The lowest BCUT2D eigenvalue weighted by Crippen LogP contribution is -2.38. The van der Waals surface area contributed by atoms with Crippen molar-refractivity contribution in [1.82, 2.24) is 25.1 Å². The highest BCUT2D eigenvalue weighted by atomic mass is 35.5. The molecule has 1 fully saturated rings. The molecular weight excluding hydrogens is 330 g/mol. The molecule has 3 aromatic rings. The summed E-state index contributed by atoms with van der Waals surface area (Å²) in [7, 11) is 1.84. The molecular formula is C16H16ClN5O2. The molecule has 8 heteroatoms. The van der Waals surface area contributed by atoms with Crippen molar-refractivity contribution in [3.05, 3.63) is 47.1 Å². The summed E-state index contributed by atoms with van der Waals surface area (Å²) >= 11 is 6.44. The monoisotopic (exact) mass is 345 g/mol. The van der Waals surface area contributed by atoms with Crippen LogP contribution < -0.4 is 5.32 Å². The van der Waals surface area contributed by atoms with Crippen molar-refractivity contribution >= 4 is 28.4 Å². The fourth-order valence-electron chi connectivity index (χ4n) is 3.19. The second-order valence-corrected chi connectivity index (χ2v) is 6.15. The lowest BCUT2D eigenvalue weighted by Gasteiger charge is -2.18. The fraction of sp³-hybridized carbons (Fsp3) is 0.312. The zero-order valence-electron chi connectivity index (χ0n) is 13.0. The lowest BCUT2D eigenvalue weighted by molar-refractivity contribution is 0.0787. The van der Waals surface area contributed by atoms with Crippen LogP contribution >= 0.6 is 11.6 Å². The van der Waals surface area contributed by atoms with Gasteiger partial charge < -0.3 is 14.6 Å². The number of fused-ring (bicyclic) bond motifs is 1. The molecule has 1 amide bonds. The number of aromatic nitrogens is 4. The third-order valence-electron chi connectivity index (χ3n) is 4.37. The zero-order chi connectivity index (χ0) is 16.7. The van der Waals surface area contributed by atoms with Gasteiger partial charge in [0.05, 0.1) is 11.1 Å². The van der Waals surface area contributed by atoms with Crippen LogP contribution in [0.2, 0.25) is 5.02 Å². The minimum atomic E-state index is -0.329. The van der Waals surface area contributed by atoms with Crippen molar-refractivity contribution in [2.45, 2.75) is 18.6 Å². The van der Waals surface area contributed by atoms with Crippen LogP contribution in [0.4, 0.5) is 0 Å². The van der Waals surface area contributed by atoms with Crippen LogP contribution in [0.1, 0.15) is 28.8 Å². The minimum Gasteiger partial charge on any atom is -0.368 e. The second kappa shape index (κ2) is 5.92. The first-order chi connectivity index (χ1) is 11.7. The average Bonchev–Trinajstić information content (AvgIpc) is 3.29. The van der Waals surface area contributed by atoms with E-state index in [-0.39, 0.29) is 18.1 Å². The molecule has 124 valence electrons. The van der Waals surface area contributed by atoms with Crippen molar-refractivity contribution in [3.63, 3.8) is 0 Å². The maximum absolute atomic E-state index is 12.8. The molecule has 1 aliphatic heterocycles. The molecule has 0 saturated carbocycles. The van der Waals surface area contributed by atoms with Gasteiger partial charge in [-0.05, 0) is 12.5 Å². The summed E-state index contributed by atoms with van der Waals surface area (Å²) < 4.78 is 7.49. The number of H-pyrrole nitrogens is 1. The SMILES string of the molecule is Cn1c(C(=O)N[C@H]2CCO[C@H]2c2ncn[nH]2)c(Cl)c2ccccc21. The highest BCUT2D eigenvalue weighted by molar-refractivity contribution is 6.38. The number of halogens is 1. The molecule has 2 N–H and O–H groups in total. The Balaban J connectivity index is 1.63. The van der Waals surface area contributed by atoms with E-state index in [1.54, 1.807) is 0 Å². The van der Waals surface area contributed by atoms with Crippen molar-refractivity contribution in [2.24, 2.45) is 7.05 Å². The van der Waals surface area contributed by atoms with Gasteiger partial charge in [0.2, 0.25) is 0 Å². The number of aryl methyl sites for hydroxylation is 1. The van der Waals surface area contributed by atoms with Crippen LogP contribution in [-0.4, -0.2) is 38.3 Å². The average molecular weight is 346 g/mol. The predicted molar refractivity (Wildman–Crippen MR) is 88.9 cm³/mol. The van der Waals surface area contributed by atoms with Crippen molar-refractivity contribution < 1.29 is 9.53 Å². The van der Waals surface area contributed by atoms with Crippen LogP contribution in [-0.2, 0) is 11.8 Å². The summed E-state index contributed by atoms with van der Waals surface area (Å²) in [6.45, 7) is 0.555. The first-order valence-electron chi connectivity index (χ1n) is 7.67. The van der Waals surface area contributed by atoms with Crippen molar-refractivity contribution in [2.75, 3.05) is 6.61 Å². The Labute approximate surface area is 143 Å². The lowest BCUT2D eigenvalue weighted by atomic mass is 10.1. The summed E-state index contributed by atoms with van der Waals surface area (Å²) in [5.41, 5.74) is 1.36. The molecule has 2 aromatic heterocycles. The van der Waals surface area contributed by atoms with E-state index in [1.165, 1.54) is 6.33 Å². The van der Waals surface area contributed by atoms with E-state index in [0.29, 0.717) is 29.6 Å². The maximum Gasteiger partial charge on any atom is 0.269 e. The maximum atomic E-state index is 12.8. The first kappa shape index (κ1) is 15.2. The Morgan fingerprint density at radius 2 is 2.29 bits per heavy atom. The Bertz CT molecular complexity index is 850. The van der Waals surface area contributed by atoms with Gasteiger partial charge in [0.25, 0.3) is 5.91 Å². The highest BCUT2D eigenvalue weighted by Gasteiger charge is 2.34. The summed E-state index contributed by atoms with van der Waals surface area (Å²) in [6, 6.07) is 7.49. The van der Waals surface area contributed by atoms with Gasteiger partial charge in [-0.15, -0.1) is 0 Å². The summed E-state index contributed by atoms with van der Waals surface area (Å²) in [6.07, 6.45) is 1.81. The molecule has 24 heavy (non-hydrogen) atoms. The van der Waals surface area contributed by atoms with E-state index in [4.69, 9.17) is 16.3 Å². The highest BCUT2D eigenvalue weighted by Crippen LogP contribution is 2.31. The Morgan fingerprint density at radius 1 is 1.46 bits per heavy atom. The van der Waals surface area contributed by atoms with Crippen LogP contribution in [0.3, 0.4) is 0 Å². The standard InChI is InChI=1S/C16H16ClN5O2/c1-22-11-5-3-2-4-9(11)12(17)13(22)16(23)20-10-6-7-24-14(10)15-18-8-19-21-15/h2-5,8,10,14H,6-7H2,1H3,(H,20,23)(H,18,19,21)/t10-,14+/m0/s1. The van der Waals surface area contributed by atoms with Gasteiger partial charge in [-0.2, -0.15) is 5.10 Å². The third-order valence-corrected chi connectivity index (χ3v) is 4.75. The van der Waals surface area contributed by atoms with Crippen LogP contribution in [0.5, 0.6) is 0 Å². The number of hydrogen-bond acceptors (Lipinski definition) is 4. The number of para-hydroxylation sites is 1. The molecule has 1 saturated heterocycles. The van der Waals surface area contributed by atoms with Gasteiger partial charge in [0, 0.05) is 24.6 Å². The molecule has 3 heterocycles. The van der Waals surface area contributed by atoms with Crippen molar-refractivity contribution in [3.8, 4) is 0 Å². The van der Waals surface area contributed by atoms with E-state index in [2.05, 4.69) is 20.5 Å². The largest absolute Gasteiger partial charge is 0.368 e. The number of aromatic amines is 1. The second-order valence-electron chi connectivity index (χ2n) is 5.77. The number of rotatable bonds is 3. The van der Waals surface area contributed by atoms with Crippen LogP contribution in [0.15, 0.2) is 30.6 Å². The summed E-state index contributed by atoms with van der Waals surface area (Å²) in [5.74, 6) is 0.389. The number of ether oxygens (including phenoxy) is 1. The smallest absolute Gasteiger partial charge is 0.269 e. The number of amides is 1. The Hall–Kier alpha value is -2.38. The number of carbonyl (C=O) groups excluding carboxylic acids is 1. The van der Waals surface area contributed by atoms with Gasteiger partial charge in [0.15, 0.2) is 5.82 Å². The Kier molecular flexibility index (Phi) is 3.74. The normalized spacial score (nSPS) is 20.6. The molecule has 0 unspecified atom stereocenters. The third kappa shape index (κ3) is 2.37. The molecule has 0 aliphatic carbocycles. The molecule has 0 spiro atoms. The molecule has 1 aromatic carbocycles. The molecule has 4 rings (SSSR count). The molecule has 7 nitrogen and oxygen atoms in total. The van der Waals surface area contributed by atoms with E-state index in [0.717, 1.165) is 10.9 Å². The number of hydrogen-bond donors (Lipinski definition) is 2. The van der Waals surface area contributed by atoms with Gasteiger partial charge in [0.1, 0.15) is 18.1 Å². The van der Waals surface area contributed by atoms with Gasteiger partial charge in [-0.1, -0.05) is 29.8 Å². The van der Waals surface area contributed by atoms with E-state index in [9.17, 15) is 4.79 Å². The van der Waals surface area contributed by atoms with Crippen LogP contribution in [0.25, 0.3) is 10.9 Å². The molecule has 2 atom stereocenters. The minimum absolute atomic E-state index is 0.181. The Morgan fingerprint density at radius 3 is 3.04 bits per heavy atom. The quantitative estimate of drug-likeness (QED) is 0.762. The molecule has 0 radical (unpaired) electrons. The van der Waals surface area contributed by atoms with Crippen molar-refractivity contribution in [1.29, 1.82) is 0 Å². The zero-order valence-corrected chi connectivity index (χ0v) is 13.7. The number of carbonyl (C=O) groups is 1. The summed E-state index contributed by atoms with van der Waals surface area (Å²) in [5, 5.41) is 11.0. The fourth-order valence-corrected chi connectivity index (χ4v) is 3.57. The number of nitrogens with zero attached hydrogens (tertiary/aromatic N) is 3.